The van der Waals surface area contributed by atoms with Crippen LogP contribution in [0.3, 0.4) is 0 Å². The number of pyridine rings is 1. The molecule has 28 heavy (non-hydrogen) atoms. The molecule has 0 aliphatic heterocycles. The number of anilines is 3. The quantitative estimate of drug-likeness (QED) is 0.670. The number of nitrogens with one attached hydrogen (secondary N) is 2. The Morgan fingerprint density at radius 3 is 2.54 bits per heavy atom. The van der Waals surface area contributed by atoms with E-state index in [-0.39, 0.29) is 16.0 Å². The van der Waals surface area contributed by atoms with Gasteiger partial charge in [0.1, 0.15) is 22.6 Å². The molecule has 1 unspecified atom stereocenters. The van der Waals surface area contributed by atoms with Crippen molar-refractivity contribution in [3.8, 4) is 0 Å². The second kappa shape index (κ2) is 8.07. The molecule has 0 spiro atoms. The molecule has 5 nitrogen and oxygen atoms in total. The largest absolute Gasteiger partial charge is 0.337 e. The van der Waals surface area contributed by atoms with Crippen LogP contribution in [-0.4, -0.2) is 13.5 Å². The Hall–Kier alpha value is -2.15. The van der Waals surface area contributed by atoms with Crippen molar-refractivity contribution in [3.05, 3.63) is 51.6 Å². The maximum absolute atomic E-state index is 14.4. The summed E-state index contributed by atoms with van der Waals surface area (Å²) < 4.78 is 31.7. The number of nitrogens with zero attached hydrogens (tertiary/aromatic N) is 1. The summed E-state index contributed by atoms with van der Waals surface area (Å²) in [7, 11) is 0.356. The van der Waals surface area contributed by atoms with Gasteiger partial charge in [0.25, 0.3) is 5.56 Å². The number of halogens is 1. The lowest BCUT2D eigenvalue weighted by molar-refractivity contribution is 0.630. The number of unbranched alkanes of at least 4 members (excludes halogenated alkanes) is 1. The van der Waals surface area contributed by atoms with Gasteiger partial charge in [-0.2, -0.15) is 0 Å². The molecule has 2 N–H and O–H groups in total. The second-order valence-electron chi connectivity index (χ2n) is 7.72. The van der Waals surface area contributed by atoms with Gasteiger partial charge in [0.05, 0.1) is 16.1 Å². The summed E-state index contributed by atoms with van der Waals surface area (Å²) in [6.07, 6.45) is 4.90. The predicted molar refractivity (Wildman–Crippen MR) is 114 cm³/mol. The molecule has 0 radical (unpaired) electrons. The van der Waals surface area contributed by atoms with Crippen LogP contribution in [0.4, 0.5) is 21.6 Å². The number of aromatic nitrogens is 1. The maximum atomic E-state index is 14.4. The normalized spacial score (nSPS) is 15.9. The number of aryl methyl sites for hydroxylation is 2. The zero-order valence-corrected chi connectivity index (χ0v) is 17.7. The fraction of sp³-hybridized carbons (Fsp3) is 0.476. The Kier molecular flexibility index (Phi) is 5.93. The summed E-state index contributed by atoms with van der Waals surface area (Å²) in [4.78, 5) is 12.4. The first-order valence-electron chi connectivity index (χ1n) is 9.70. The molecule has 1 heterocycles. The number of hydrogen-bond acceptors (Lipinski definition) is 3. The first-order chi connectivity index (χ1) is 13.3. The van der Waals surface area contributed by atoms with Crippen molar-refractivity contribution < 1.29 is 8.60 Å². The Labute approximate surface area is 167 Å². The van der Waals surface area contributed by atoms with E-state index in [1.54, 1.807) is 32.2 Å². The van der Waals surface area contributed by atoms with Gasteiger partial charge >= 0.3 is 0 Å². The minimum atomic E-state index is -1.27. The Morgan fingerprint density at radius 2 is 1.93 bits per heavy atom. The summed E-state index contributed by atoms with van der Waals surface area (Å²) in [5.74, 6) is -0.000278. The SMILES string of the molecule is CCCCC1(S(=O)Nc2cc(C)c(=O)n(C)c2Nc2ccc(C)cc2F)CC1. The van der Waals surface area contributed by atoms with Crippen LogP contribution < -0.4 is 15.6 Å². The lowest BCUT2D eigenvalue weighted by Crippen LogP contribution is -2.27. The summed E-state index contributed by atoms with van der Waals surface area (Å²) in [6.45, 7) is 5.66. The first kappa shape index (κ1) is 20.6. The third-order valence-electron chi connectivity index (χ3n) is 5.36. The van der Waals surface area contributed by atoms with E-state index >= 15 is 0 Å². The van der Waals surface area contributed by atoms with Gasteiger partial charge in [0, 0.05) is 12.6 Å². The first-order valence-corrected chi connectivity index (χ1v) is 10.8. The standard InChI is InChI=1S/C21H28FN3O2S/c1-5-6-9-21(10-11-21)28(27)24-18-13-15(3)20(26)25(4)19(18)23-17-8-7-14(2)12-16(17)22/h7-8,12-13,23-24H,5-6,9-11H2,1-4H3. The zero-order valence-electron chi connectivity index (χ0n) is 16.9. The zero-order chi connectivity index (χ0) is 20.5. The molecule has 1 atom stereocenters. The lowest BCUT2D eigenvalue weighted by Gasteiger charge is -2.21. The Balaban J connectivity index is 1.94. The van der Waals surface area contributed by atoms with E-state index in [2.05, 4.69) is 17.0 Å². The van der Waals surface area contributed by atoms with Gasteiger partial charge in [-0.15, -0.1) is 0 Å². The third kappa shape index (κ3) is 4.14. The van der Waals surface area contributed by atoms with Gasteiger partial charge in [-0.3, -0.25) is 9.36 Å². The van der Waals surface area contributed by atoms with Gasteiger partial charge in [-0.25, -0.2) is 8.60 Å². The Bertz CT molecular complexity index is 967. The fourth-order valence-corrected chi connectivity index (χ4v) is 4.72. The molecule has 3 rings (SSSR count). The van der Waals surface area contributed by atoms with Crippen molar-refractivity contribution in [1.82, 2.24) is 4.57 Å². The predicted octanol–water partition coefficient (Wildman–Crippen LogP) is 4.68. The highest BCUT2D eigenvalue weighted by Crippen LogP contribution is 2.46. The van der Waals surface area contributed by atoms with Crippen LogP contribution in [0.25, 0.3) is 0 Å². The van der Waals surface area contributed by atoms with Gasteiger partial charge < -0.3 is 10.0 Å². The summed E-state index contributed by atoms with van der Waals surface area (Å²) in [5, 5.41) is 3.02. The van der Waals surface area contributed by atoms with Crippen molar-refractivity contribution in [1.29, 1.82) is 0 Å². The molecule has 1 aliphatic carbocycles. The van der Waals surface area contributed by atoms with Crippen molar-refractivity contribution in [3.63, 3.8) is 0 Å². The topological polar surface area (TPSA) is 63.1 Å². The number of benzene rings is 1. The highest BCUT2D eigenvalue weighted by molar-refractivity contribution is 7.88. The highest BCUT2D eigenvalue weighted by Gasteiger charge is 2.48. The lowest BCUT2D eigenvalue weighted by atomic mass is 10.2. The average molecular weight is 406 g/mol. The third-order valence-corrected chi connectivity index (χ3v) is 7.16. The fourth-order valence-electron chi connectivity index (χ4n) is 3.35. The minimum absolute atomic E-state index is 0.182. The van der Waals surface area contributed by atoms with Crippen LogP contribution >= 0.6 is 0 Å². The second-order valence-corrected chi connectivity index (χ2v) is 9.33. The molecule has 1 aromatic heterocycles. The van der Waals surface area contributed by atoms with Crippen LogP contribution in [-0.2, 0) is 18.0 Å². The molecule has 2 aromatic rings. The summed E-state index contributed by atoms with van der Waals surface area (Å²) in [6, 6.07) is 6.56. The average Bonchev–Trinajstić information content (AvgIpc) is 3.44. The molecule has 1 aliphatic rings. The van der Waals surface area contributed by atoms with E-state index in [0.29, 0.717) is 17.1 Å². The number of rotatable bonds is 8. The van der Waals surface area contributed by atoms with E-state index in [1.165, 1.54) is 10.6 Å². The molecule has 1 saturated carbocycles. The molecule has 0 amide bonds. The van der Waals surface area contributed by atoms with Crippen LogP contribution in [0, 0.1) is 19.7 Å². The van der Waals surface area contributed by atoms with Crippen molar-refractivity contribution >= 4 is 28.2 Å². The van der Waals surface area contributed by atoms with Gasteiger partial charge in [-0.1, -0.05) is 25.8 Å². The van der Waals surface area contributed by atoms with Crippen LogP contribution in [0.2, 0.25) is 0 Å². The van der Waals surface area contributed by atoms with Crippen LogP contribution in [0.1, 0.15) is 50.2 Å². The van der Waals surface area contributed by atoms with E-state index in [1.807, 2.05) is 6.92 Å². The van der Waals surface area contributed by atoms with E-state index in [4.69, 9.17) is 0 Å². The van der Waals surface area contributed by atoms with Crippen molar-refractivity contribution in [2.75, 3.05) is 10.0 Å². The highest BCUT2D eigenvalue weighted by atomic mass is 32.2. The molecular formula is C21H28FN3O2S. The monoisotopic (exact) mass is 405 g/mol. The maximum Gasteiger partial charge on any atom is 0.254 e. The van der Waals surface area contributed by atoms with Crippen LogP contribution in [0.15, 0.2) is 29.1 Å². The van der Waals surface area contributed by atoms with Gasteiger partial charge in [0.2, 0.25) is 0 Å². The molecule has 7 heteroatoms. The van der Waals surface area contributed by atoms with Crippen LogP contribution in [0.5, 0.6) is 0 Å². The molecule has 0 saturated heterocycles. The van der Waals surface area contributed by atoms with Crippen molar-refractivity contribution in [2.45, 2.75) is 57.6 Å². The minimum Gasteiger partial charge on any atom is -0.337 e. The Morgan fingerprint density at radius 1 is 1.21 bits per heavy atom. The van der Waals surface area contributed by atoms with E-state index in [0.717, 1.165) is 37.7 Å². The molecular weight excluding hydrogens is 377 g/mol. The molecule has 1 aromatic carbocycles. The molecule has 1 fully saturated rings. The van der Waals surface area contributed by atoms with E-state index < -0.39 is 16.8 Å². The molecule has 152 valence electrons. The number of hydrogen-bond donors (Lipinski definition) is 2. The van der Waals surface area contributed by atoms with Gasteiger partial charge in [-0.05, 0) is 56.9 Å². The molecule has 0 bridgehead atoms. The summed E-state index contributed by atoms with van der Waals surface area (Å²) >= 11 is 0. The van der Waals surface area contributed by atoms with Crippen molar-refractivity contribution in [2.24, 2.45) is 7.05 Å². The van der Waals surface area contributed by atoms with E-state index in [9.17, 15) is 13.4 Å². The summed E-state index contributed by atoms with van der Waals surface area (Å²) in [5.41, 5.74) is 1.98. The smallest absolute Gasteiger partial charge is 0.254 e. The van der Waals surface area contributed by atoms with Gasteiger partial charge in [0.15, 0.2) is 0 Å².